The molecule has 0 saturated heterocycles. The van der Waals surface area contributed by atoms with E-state index in [2.05, 4.69) is 11.7 Å². The number of hydrogen-bond acceptors (Lipinski definition) is 5. The Labute approximate surface area is 125 Å². The van der Waals surface area contributed by atoms with Crippen LogP contribution in [0, 0.1) is 5.92 Å². The average Bonchev–Trinajstić information content (AvgIpc) is 2.68. The van der Waals surface area contributed by atoms with Crippen molar-refractivity contribution in [1.29, 1.82) is 0 Å². The van der Waals surface area contributed by atoms with Crippen LogP contribution in [0.1, 0.15) is 37.8 Å². The van der Waals surface area contributed by atoms with Gasteiger partial charge in [-0.15, -0.1) is 0 Å². The fourth-order valence-corrected chi connectivity index (χ4v) is 2.23. The molecule has 0 aromatic heterocycles. The molecule has 5 nitrogen and oxygen atoms in total. The molecule has 0 radical (unpaired) electrons. The summed E-state index contributed by atoms with van der Waals surface area (Å²) in [6.45, 7) is 3.40. The third-order valence-electron chi connectivity index (χ3n) is 3.57. The molecule has 2 unspecified atom stereocenters. The quantitative estimate of drug-likeness (QED) is 0.844. The summed E-state index contributed by atoms with van der Waals surface area (Å²) in [5, 5.41) is 0. The van der Waals surface area contributed by atoms with E-state index in [4.69, 9.17) is 15.2 Å². The number of methoxy groups -OCH3 is 1. The number of nitrogens with two attached hydrogens (primary N) is 1. The first-order chi connectivity index (χ1) is 10.1. The molecule has 1 heterocycles. The molecule has 1 aromatic carbocycles. The van der Waals surface area contributed by atoms with Crippen molar-refractivity contribution in [2.45, 2.75) is 32.2 Å². The van der Waals surface area contributed by atoms with Crippen LogP contribution in [0.25, 0.3) is 0 Å². The molecule has 2 atom stereocenters. The fourth-order valence-electron chi connectivity index (χ4n) is 2.23. The molecule has 0 aliphatic carbocycles. The molecule has 1 aromatic rings. The van der Waals surface area contributed by atoms with Crippen molar-refractivity contribution >= 4 is 5.97 Å². The Morgan fingerprint density at radius 2 is 2.10 bits per heavy atom. The minimum Gasteiger partial charge on any atom is -0.489 e. The number of benzene rings is 1. The standard InChI is InChI=1S/C16H23NO4/c1-11-9-20-14-7-6-12(8-15(14)21-10-11)13(17)4-3-5-16(18)19-2/h6-8,11,13H,3-5,9-10,17H2,1-2H3. The van der Waals surface area contributed by atoms with Crippen LogP contribution < -0.4 is 15.2 Å². The second kappa shape index (κ2) is 7.31. The van der Waals surface area contributed by atoms with Gasteiger partial charge in [0.1, 0.15) is 0 Å². The molecule has 2 rings (SSSR count). The second-order valence-corrected chi connectivity index (χ2v) is 5.51. The van der Waals surface area contributed by atoms with Gasteiger partial charge in [0.2, 0.25) is 0 Å². The second-order valence-electron chi connectivity index (χ2n) is 5.51. The Morgan fingerprint density at radius 1 is 1.38 bits per heavy atom. The fraction of sp³-hybridized carbons (Fsp3) is 0.562. The lowest BCUT2D eigenvalue weighted by Gasteiger charge is -2.14. The molecule has 0 spiro atoms. The van der Waals surface area contributed by atoms with Crippen LogP contribution in [0.2, 0.25) is 0 Å². The maximum absolute atomic E-state index is 11.1. The van der Waals surface area contributed by atoms with E-state index in [1.165, 1.54) is 7.11 Å². The smallest absolute Gasteiger partial charge is 0.305 e. The van der Waals surface area contributed by atoms with Crippen LogP contribution in [0.3, 0.4) is 0 Å². The largest absolute Gasteiger partial charge is 0.489 e. The number of hydrogen-bond donors (Lipinski definition) is 1. The topological polar surface area (TPSA) is 70.8 Å². The lowest BCUT2D eigenvalue weighted by atomic mass is 10.0. The maximum Gasteiger partial charge on any atom is 0.305 e. The van der Waals surface area contributed by atoms with E-state index in [1.54, 1.807) is 0 Å². The molecule has 1 aliphatic rings. The highest BCUT2D eigenvalue weighted by Crippen LogP contribution is 2.33. The third kappa shape index (κ3) is 4.36. The minimum atomic E-state index is -0.199. The number of carbonyl (C=O) groups is 1. The summed E-state index contributed by atoms with van der Waals surface area (Å²) in [5.41, 5.74) is 7.17. The van der Waals surface area contributed by atoms with Crippen molar-refractivity contribution in [2.24, 2.45) is 11.7 Å². The molecule has 1 aliphatic heterocycles. The van der Waals surface area contributed by atoms with Gasteiger partial charge < -0.3 is 19.9 Å². The summed E-state index contributed by atoms with van der Waals surface area (Å²) in [6.07, 6.45) is 1.83. The highest BCUT2D eigenvalue weighted by molar-refractivity contribution is 5.69. The van der Waals surface area contributed by atoms with E-state index in [9.17, 15) is 4.79 Å². The first-order valence-corrected chi connectivity index (χ1v) is 7.32. The van der Waals surface area contributed by atoms with E-state index >= 15 is 0 Å². The molecule has 116 valence electrons. The van der Waals surface area contributed by atoms with E-state index in [0.29, 0.717) is 32.0 Å². The predicted octanol–water partition coefficient (Wildman–Crippen LogP) is 2.44. The van der Waals surface area contributed by atoms with Crippen LogP contribution in [-0.4, -0.2) is 26.3 Å². The first kappa shape index (κ1) is 15.6. The molecule has 2 N–H and O–H groups in total. The monoisotopic (exact) mass is 293 g/mol. The maximum atomic E-state index is 11.1. The number of carbonyl (C=O) groups excluding carboxylic acids is 1. The van der Waals surface area contributed by atoms with E-state index in [0.717, 1.165) is 23.5 Å². The van der Waals surface area contributed by atoms with Crippen molar-refractivity contribution in [3.63, 3.8) is 0 Å². The van der Waals surface area contributed by atoms with Crippen LogP contribution in [0.5, 0.6) is 11.5 Å². The molecule has 5 heteroatoms. The minimum absolute atomic E-state index is 0.121. The van der Waals surface area contributed by atoms with Gasteiger partial charge in [0.15, 0.2) is 11.5 Å². The van der Waals surface area contributed by atoms with Gasteiger partial charge in [-0.25, -0.2) is 0 Å². The van der Waals surface area contributed by atoms with Crippen molar-refractivity contribution in [1.82, 2.24) is 0 Å². The van der Waals surface area contributed by atoms with Gasteiger partial charge in [0.05, 0.1) is 20.3 Å². The molecular formula is C16H23NO4. The summed E-state index contributed by atoms with van der Waals surface area (Å²) in [4.78, 5) is 11.1. The zero-order valence-electron chi connectivity index (χ0n) is 12.6. The normalized spacial score (nSPS) is 18.7. The molecular weight excluding hydrogens is 270 g/mol. The molecule has 0 bridgehead atoms. The van der Waals surface area contributed by atoms with Crippen molar-refractivity contribution in [3.8, 4) is 11.5 Å². The van der Waals surface area contributed by atoms with Gasteiger partial charge >= 0.3 is 5.97 Å². The highest BCUT2D eigenvalue weighted by atomic mass is 16.5. The SMILES string of the molecule is COC(=O)CCCC(N)c1ccc2c(c1)OCC(C)CO2. The van der Waals surface area contributed by atoms with Crippen LogP contribution in [0.15, 0.2) is 18.2 Å². The van der Waals surface area contributed by atoms with Crippen molar-refractivity contribution in [3.05, 3.63) is 23.8 Å². The summed E-state index contributed by atoms with van der Waals surface area (Å²) >= 11 is 0. The summed E-state index contributed by atoms with van der Waals surface area (Å²) < 4.78 is 16.1. The Kier molecular flexibility index (Phi) is 5.44. The van der Waals surface area contributed by atoms with Gasteiger partial charge in [-0.1, -0.05) is 13.0 Å². The summed E-state index contributed by atoms with van der Waals surface area (Å²) in [7, 11) is 1.40. The Hall–Kier alpha value is -1.75. The van der Waals surface area contributed by atoms with Crippen molar-refractivity contribution < 1.29 is 19.0 Å². The third-order valence-corrected chi connectivity index (χ3v) is 3.57. The molecule has 0 amide bonds. The van der Waals surface area contributed by atoms with E-state index in [-0.39, 0.29) is 12.0 Å². The lowest BCUT2D eigenvalue weighted by Crippen LogP contribution is -2.12. The number of rotatable bonds is 5. The Balaban J connectivity index is 1.96. The van der Waals surface area contributed by atoms with E-state index < -0.39 is 0 Å². The summed E-state index contributed by atoms with van der Waals surface area (Å²) in [5.74, 6) is 1.69. The number of esters is 1. The number of fused-ring (bicyclic) bond motifs is 1. The van der Waals surface area contributed by atoms with Gasteiger partial charge in [-0.3, -0.25) is 4.79 Å². The number of ether oxygens (including phenoxy) is 3. The highest BCUT2D eigenvalue weighted by Gasteiger charge is 2.17. The van der Waals surface area contributed by atoms with Crippen molar-refractivity contribution in [2.75, 3.05) is 20.3 Å². The average molecular weight is 293 g/mol. The summed E-state index contributed by atoms with van der Waals surface area (Å²) in [6, 6.07) is 5.68. The lowest BCUT2D eigenvalue weighted by molar-refractivity contribution is -0.140. The zero-order valence-corrected chi connectivity index (χ0v) is 12.6. The van der Waals surface area contributed by atoms with Gasteiger partial charge in [0.25, 0.3) is 0 Å². The first-order valence-electron chi connectivity index (χ1n) is 7.32. The predicted molar refractivity (Wildman–Crippen MR) is 79.4 cm³/mol. The van der Waals surface area contributed by atoms with Gasteiger partial charge in [-0.05, 0) is 30.5 Å². The van der Waals surface area contributed by atoms with Gasteiger partial charge in [0, 0.05) is 18.4 Å². The Morgan fingerprint density at radius 3 is 2.81 bits per heavy atom. The molecule has 0 saturated carbocycles. The van der Waals surface area contributed by atoms with Gasteiger partial charge in [-0.2, -0.15) is 0 Å². The Bertz CT molecular complexity index is 489. The molecule has 21 heavy (non-hydrogen) atoms. The van der Waals surface area contributed by atoms with E-state index in [1.807, 2.05) is 18.2 Å². The van der Waals surface area contributed by atoms with Crippen LogP contribution >= 0.6 is 0 Å². The van der Waals surface area contributed by atoms with Crippen LogP contribution in [-0.2, 0) is 9.53 Å². The zero-order chi connectivity index (χ0) is 15.2. The van der Waals surface area contributed by atoms with Crippen LogP contribution in [0.4, 0.5) is 0 Å². The molecule has 0 fully saturated rings.